The molecule has 2 rings (SSSR count). The van der Waals surface area contributed by atoms with Crippen LogP contribution in [0.1, 0.15) is 5.56 Å². The highest BCUT2D eigenvalue weighted by Crippen LogP contribution is 2.34. The lowest BCUT2D eigenvalue weighted by molar-refractivity contribution is -0.385. The number of nitro groups is 1. The van der Waals surface area contributed by atoms with Gasteiger partial charge in [0.05, 0.1) is 9.82 Å². The predicted octanol–water partition coefficient (Wildman–Crippen LogP) is 3.10. The fourth-order valence-electron chi connectivity index (χ4n) is 1.75. The van der Waals surface area contributed by atoms with Crippen LogP contribution in [0, 0.1) is 17.0 Å². The van der Waals surface area contributed by atoms with Gasteiger partial charge in [0.1, 0.15) is 5.75 Å². The molecule has 0 aliphatic carbocycles. The van der Waals surface area contributed by atoms with E-state index in [0.717, 1.165) is 17.9 Å². The van der Waals surface area contributed by atoms with Gasteiger partial charge in [-0.05, 0) is 30.7 Å². The number of hydrogen-bond acceptors (Lipinski definition) is 5. The Hall–Kier alpha value is -2.41. The maximum Gasteiger partial charge on any atom is 0.312 e. The van der Waals surface area contributed by atoms with E-state index in [0.29, 0.717) is 5.75 Å². The molecule has 0 bridgehead atoms. The van der Waals surface area contributed by atoms with Gasteiger partial charge in [0.25, 0.3) is 0 Å². The summed E-state index contributed by atoms with van der Waals surface area (Å²) in [6.07, 6.45) is 0.994. The van der Waals surface area contributed by atoms with Crippen LogP contribution < -0.4 is 4.74 Å². The number of hydrogen-bond donors (Lipinski definition) is 0. The van der Waals surface area contributed by atoms with E-state index in [1.807, 2.05) is 19.1 Å². The molecule has 2 aromatic rings. The summed E-state index contributed by atoms with van der Waals surface area (Å²) in [5.74, 6) is 0.481. The quantitative estimate of drug-likeness (QED) is 0.640. The minimum atomic E-state index is -3.52. The molecule has 0 saturated heterocycles. The monoisotopic (exact) mass is 307 g/mol. The van der Waals surface area contributed by atoms with Crippen molar-refractivity contribution < 1.29 is 18.1 Å². The first-order chi connectivity index (χ1) is 9.79. The molecule has 0 heterocycles. The number of benzene rings is 2. The van der Waals surface area contributed by atoms with Crippen LogP contribution in [0.15, 0.2) is 47.4 Å². The Bertz CT molecular complexity index is 799. The standard InChI is InChI=1S/C14H13NO5S/c1-10-5-3-4-6-13(10)20-14-8-7-11(21(2,18)19)9-12(14)15(16)17/h3-9H,1-2H3. The van der Waals surface area contributed by atoms with Crippen molar-refractivity contribution in [1.82, 2.24) is 0 Å². The first kappa shape index (κ1) is 15.0. The minimum Gasteiger partial charge on any atom is -0.450 e. The molecule has 0 N–H and O–H groups in total. The third-order valence-corrected chi connectivity index (χ3v) is 3.98. The van der Waals surface area contributed by atoms with Crippen LogP contribution in [0.2, 0.25) is 0 Å². The Morgan fingerprint density at radius 1 is 1.10 bits per heavy atom. The summed E-state index contributed by atoms with van der Waals surface area (Å²) in [5.41, 5.74) is 0.431. The molecule has 6 nitrogen and oxygen atoms in total. The second-order valence-electron chi connectivity index (χ2n) is 4.53. The minimum absolute atomic E-state index is 0.00157. The zero-order valence-electron chi connectivity index (χ0n) is 11.4. The van der Waals surface area contributed by atoms with Crippen molar-refractivity contribution in [3.8, 4) is 11.5 Å². The average molecular weight is 307 g/mol. The summed E-state index contributed by atoms with van der Waals surface area (Å²) in [6.45, 7) is 1.81. The van der Waals surface area contributed by atoms with Gasteiger partial charge < -0.3 is 4.74 Å². The van der Waals surface area contributed by atoms with Crippen molar-refractivity contribution >= 4 is 15.5 Å². The molecule has 0 amide bonds. The van der Waals surface area contributed by atoms with Crippen LogP contribution in [0.5, 0.6) is 11.5 Å². The SMILES string of the molecule is Cc1ccccc1Oc1ccc(S(C)(=O)=O)cc1[N+](=O)[O-]. The number of rotatable bonds is 4. The molecule has 0 radical (unpaired) electrons. The van der Waals surface area contributed by atoms with Gasteiger partial charge in [0.2, 0.25) is 5.75 Å². The average Bonchev–Trinajstić information content (AvgIpc) is 2.40. The van der Waals surface area contributed by atoms with E-state index in [-0.39, 0.29) is 16.3 Å². The van der Waals surface area contributed by atoms with Crippen LogP contribution in [0.25, 0.3) is 0 Å². The summed E-state index contributed by atoms with van der Waals surface area (Å²) in [7, 11) is -3.52. The molecule has 0 fully saturated rings. The number of sulfone groups is 1. The first-order valence-electron chi connectivity index (χ1n) is 6.01. The van der Waals surface area contributed by atoms with Gasteiger partial charge in [-0.2, -0.15) is 0 Å². The highest BCUT2D eigenvalue weighted by molar-refractivity contribution is 7.90. The third-order valence-electron chi connectivity index (χ3n) is 2.87. The fourth-order valence-corrected chi connectivity index (χ4v) is 2.39. The second kappa shape index (κ2) is 5.53. The summed E-state index contributed by atoms with van der Waals surface area (Å²) in [6, 6.07) is 10.7. The lowest BCUT2D eigenvalue weighted by Gasteiger charge is -2.09. The van der Waals surface area contributed by atoms with E-state index < -0.39 is 14.8 Å². The van der Waals surface area contributed by atoms with E-state index in [4.69, 9.17) is 4.74 Å². The van der Waals surface area contributed by atoms with Crippen molar-refractivity contribution in [2.45, 2.75) is 11.8 Å². The smallest absolute Gasteiger partial charge is 0.312 e. The van der Waals surface area contributed by atoms with E-state index in [1.54, 1.807) is 12.1 Å². The van der Waals surface area contributed by atoms with Crippen molar-refractivity contribution in [2.75, 3.05) is 6.26 Å². The summed E-state index contributed by atoms with van der Waals surface area (Å²) in [5, 5.41) is 11.1. The number of para-hydroxylation sites is 1. The molecule has 2 aromatic carbocycles. The highest BCUT2D eigenvalue weighted by Gasteiger charge is 2.20. The van der Waals surface area contributed by atoms with E-state index in [9.17, 15) is 18.5 Å². The van der Waals surface area contributed by atoms with Gasteiger partial charge in [0.15, 0.2) is 9.84 Å². The normalized spacial score (nSPS) is 11.1. The van der Waals surface area contributed by atoms with E-state index >= 15 is 0 Å². The molecule has 0 atom stereocenters. The summed E-state index contributed by atoms with van der Waals surface area (Å²) >= 11 is 0. The van der Waals surface area contributed by atoms with Crippen LogP contribution >= 0.6 is 0 Å². The maximum absolute atomic E-state index is 11.5. The molecule has 110 valence electrons. The highest BCUT2D eigenvalue weighted by atomic mass is 32.2. The topological polar surface area (TPSA) is 86.5 Å². The second-order valence-corrected chi connectivity index (χ2v) is 6.54. The molecule has 21 heavy (non-hydrogen) atoms. The van der Waals surface area contributed by atoms with Crippen molar-refractivity contribution in [1.29, 1.82) is 0 Å². The third kappa shape index (κ3) is 3.38. The van der Waals surface area contributed by atoms with Crippen molar-refractivity contribution in [3.63, 3.8) is 0 Å². The van der Waals surface area contributed by atoms with Crippen LogP contribution in [0.3, 0.4) is 0 Å². The zero-order chi connectivity index (χ0) is 15.6. The molecule has 0 aromatic heterocycles. The molecular weight excluding hydrogens is 294 g/mol. The Balaban J connectivity index is 2.50. The Labute approximate surface area is 122 Å². The van der Waals surface area contributed by atoms with Gasteiger partial charge in [-0.15, -0.1) is 0 Å². The number of ether oxygens (including phenoxy) is 1. The largest absolute Gasteiger partial charge is 0.450 e. The Morgan fingerprint density at radius 3 is 2.33 bits per heavy atom. The predicted molar refractivity (Wildman–Crippen MR) is 77.5 cm³/mol. The summed E-state index contributed by atoms with van der Waals surface area (Å²) < 4.78 is 28.5. The lowest BCUT2D eigenvalue weighted by Crippen LogP contribution is -2.00. The number of nitrogens with zero attached hydrogens (tertiary/aromatic N) is 1. The van der Waals surface area contributed by atoms with Crippen LogP contribution in [0.4, 0.5) is 5.69 Å². The fraction of sp³-hybridized carbons (Fsp3) is 0.143. The number of aryl methyl sites for hydroxylation is 1. The van der Waals surface area contributed by atoms with Crippen molar-refractivity contribution in [2.24, 2.45) is 0 Å². The number of nitro benzene ring substituents is 1. The molecular formula is C14H13NO5S. The Kier molecular flexibility index (Phi) is 3.95. The van der Waals surface area contributed by atoms with Gasteiger partial charge >= 0.3 is 5.69 Å². The Morgan fingerprint density at radius 2 is 1.76 bits per heavy atom. The summed E-state index contributed by atoms with van der Waals surface area (Å²) in [4.78, 5) is 10.3. The first-order valence-corrected chi connectivity index (χ1v) is 7.90. The lowest BCUT2D eigenvalue weighted by atomic mass is 10.2. The van der Waals surface area contributed by atoms with Crippen LogP contribution in [-0.4, -0.2) is 19.6 Å². The van der Waals surface area contributed by atoms with E-state index in [1.165, 1.54) is 12.1 Å². The molecule has 0 spiro atoms. The molecule has 0 aliphatic rings. The van der Waals surface area contributed by atoms with Gasteiger partial charge in [0, 0.05) is 12.3 Å². The van der Waals surface area contributed by atoms with E-state index in [2.05, 4.69) is 0 Å². The van der Waals surface area contributed by atoms with Crippen LogP contribution in [-0.2, 0) is 9.84 Å². The molecule has 0 aliphatic heterocycles. The zero-order valence-corrected chi connectivity index (χ0v) is 12.3. The molecule has 7 heteroatoms. The van der Waals surface area contributed by atoms with Gasteiger partial charge in [-0.25, -0.2) is 8.42 Å². The van der Waals surface area contributed by atoms with Gasteiger partial charge in [-0.1, -0.05) is 18.2 Å². The molecule has 0 unspecified atom stereocenters. The van der Waals surface area contributed by atoms with Gasteiger partial charge in [-0.3, -0.25) is 10.1 Å². The van der Waals surface area contributed by atoms with Crippen molar-refractivity contribution in [3.05, 3.63) is 58.1 Å². The maximum atomic E-state index is 11.5. The molecule has 0 saturated carbocycles.